The summed E-state index contributed by atoms with van der Waals surface area (Å²) in [5.74, 6) is 0. The van der Waals surface area contributed by atoms with E-state index in [1.807, 2.05) is 26.1 Å². The third-order valence-corrected chi connectivity index (χ3v) is 3.04. The molecule has 1 N–H and O–H groups in total. The number of hydrogen-bond acceptors (Lipinski definition) is 3. The van der Waals surface area contributed by atoms with Gasteiger partial charge in [0.15, 0.2) is 0 Å². The maximum absolute atomic E-state index is 9.01. The highest BCUT2D eigenvalue weighted by molar-refractivity contribution is 9.10. The van der Waals surface area contributed by atoms with Crippen molar-refractivity contribution >= 4 is 32.5 Å². The van der Waals surface area contributed by atoms with E-state index < -0.39 is 0 Å². The zero-order valence-electron chi connectivity index (χ0n) is 9.00. The van der Waals surface area contributed by atoms with Gasteiger partial charge >= 0.3 is 0 Å². The lowest BCUT2D eigenvalue weighted by Gasteiger charge is -2.09. The Bertz CT molecular complexity index is 599. The molecule has 0 saturated carbocycles. The van der Waals surface area contributed by atoms with Gasteiger partial charge in [-0.3, -0.25) is 4.98 Å². The summed E-state index contributed by atoms with van der Waals surface area (Å²) in [7, 11) is 1.81. The van der Waals surface area contributed by atoms with Crippen molar-refractivity contribution < 1.29 is 0 Å². The maximum atomic E-state index is 9.01. The number of aryl methyl sites for hydroxylation is 1. The third-order valence-electron chi connectivity index (χ3n) is 2.44. The van der Waals surface area contributed by atoms with E-state index >= 15 is 0 Å². The first-order chi connectivity index (χ1) is 7.67. The molecular formula is C12H10BrN3. The monoisotopic (exact) mass is 275 g/mol. The second-order valence-electron chi connectivity index (χ2n) is 3.55. The smallest absolute Gasteiger partial charge is 0.103 e. The number of pyridine rings is 1. The Kier molecular flexibility index (Phi) is 2.80. The van der Waals surface area contributed by atoms with Crippen LogP contribution in [-0.4, -0.2) is 12.0 Å². The van der Waals surface area contributed by atoms with Crippen LogP contribution in [0.2, 0.25) is 0 Å². The van der Waals surface area contributed by atoms with E-state index in [0.717, 1.165) is 26.6 Å². The number of nitrogens with zero attached hydrogens (tertiary/aromatic N) is 2. The number of nitrogens with one attached hydrogen (secondary N) is 1. The molecule has 0 atom stereocenters. The van der Waals surface area contributed by atoms with E-state index in [9.17, 15) is 0 Å². The van der Waals surface area contributed by atoms with Gasteiger partial charge in [0.05, 0.1) is 16.8 Å². The van der Waals surface area contributed by atoms with Gasteiger partial charge in [0, 0.05) is 23.1 Å². The molecule has 0 aliphatic rings. The summed E-state index contributed by atoms with van der Waals surface area (Å²) in [4.78, 5) is 4.29. The van der Waals surface area contributed by atoms with Crippen molar-refractivity contribution in [1.82, 2.24) is 4.98 Å². The average molecular weight is 276 g/mol. The second-order valence-corrected chi connectivity index (χ2v) is 4.41. The Morgan fingerprint density at radius 2 is 2.19 bits per heavy atom. The number of hydrogen-bond donors (Lipinski definition) is 1. The molecule has 0 aliphatic carbocycles. The number of benzene rings is 1. The standard InChI is InChI=1S/C12H10BrN3/c1-7-3-9-11(15-2)8(5-14)6-16-12(9)10(13)4-7/h3-4,6H,1-2H3,(H,15,16). The van der Waals surface area contributed by atoms with Gasteiger partial charge in [-0.25, -0.2) is 0 Å². The maximum Gasteiger partial charge on any atom is 0.103 e. The Hall–Kier alpha value is -1.60. The number of nitriles is 1. The van der Waals surface area contributed by atoms with Gasteiger partial charge in [-0.1, -0.05) is 0 Å². The molecule has 0 spiro atoms. The van der Waals surface area contributed by atoms with Crippen molar-refractivity contribution in [3.63, 3.8) is 0 Å². The van der Waals surface area contributed by atoms with E-state index in [4.69, 9.17) is 5.26 Å². The van der Waals surface area contributed by atoms with Crippen molar-refractivity contribution in [3.8, 4) is 6.07 Å². The topological polar surface area (TPSA) is 48.7 Å². The quantitative estimate of drug-likeness (QED) is 0.870. The van der Waals surface area contributed by atoms with E-state index in [-0.39, 0.29) is 0 Å². The molecule has 0 aliphatic heterocycles. The fourth-order valence-electron chi connectivity index (χ4n) is 1.75. The molecule has 0 saturated heterocycles. The number of fused-ring (bicyclic) bond motifs is 1. The number of halogens is 1. The summed E-state index contributed by atoms with van der Waals surface area (Å²) in [5, 5.41) is 13.0. The first kappa shape index (κ1) is 10.9. The van der Waals surface area contributed by atoms with Gasteiger partial charge < -0.3 is 5.32 Å². The zero-order chi connectivity index (χ0) is 11.7. The summed E-state index contributed by atoms with van der Waals surface area (Å²) in [5.41, 5.74) is 3.39. The van der Waals surface area contributed by atoms with E-state index in [1.54, 1.807) is 6.20 Å². The van der Waals surface area contributed by atoms with Gasteiger partial charge in [0.1, 0.15) is 6.07 Å². The van der Waals surface area contributed by atoms with Gasteiger partial charge in [0.25, 0.3) is 0 Å². The molecule has 2 aromatic rings. The molecule has 80 valence electrons. The van der Waals surface area contributed by atoms with E-state index in [0.29, 0.717) is 5.56 Å². The normalized spacial score (nSPS) is 10.1. The van der Waals surface area contributed by atoms with Gasteiger partial charge in [0.2, 0.25) is 0 Å². The Morgan fingerprint density at radius 3 is 2.81 bits per heavy atom. The summed E-state index contributed by atoms with van der Waals surface area (Å²) >= 11 is 3.48. The Morgan fingerprint density at radius 1 is 1.44 bits per heavy atom. The van der Waals surface area contributed by atoms with Crippen LogP contribution in [0.25, 0.3) is 10.9 Å². The summed E-state index contributed by atoms with van der Waals surface area (Å²) in [6.45, 7) is 2.02. The molecule has 0 unspecified atom stereocenters. The molecule has 1 aromatic carbocycles. The molecular weight excluding hydrogens is 266 g/mol. The first-order valence-corrected chi connectivity index (χ1v) is 5.63. The van der Waals surface area contributed by atoms with Crippen LogP contribution >= 0.6 is 15.9 Å². The van der Waals surface area contributed by atoms with Gasteiger partial charge in [-0.15, -0.1) is 0 Å². The summed E-state index contributed by atoms with van der Waals surface area (Å²) in [6, 6.07) is 6.18. The number of rotatable bonds is 1. The SMILES string of the molecule is CNc1c(C#N)cnc2c(Br)cc(C)cc12. The van der Waals surface area contributed by atoms with Crippen LogP contribution < -0.4 is 5.32 Å². The highest BCUT2D eigenvalue weighted by Gasteiger charge is 2.09. The molecule has 1 aromatic heterocycles. The van der Waals surface area contributed by atoms with Crippen molar-refractivity contribution in [2.45, 2.75) is 6.92 Å². The van der Waals surface area contributed by atoms with Crippen LogP contribution in [0.15, 0.2) is 22.8 Å². The Balaban J connectivity index is 2.93. The van der Waals surface area contributed by atoms with Crippen LogP contribution in [0.3, 0.4) is 0 Å². The molecule has 0 bridgehead atoms. The highest BCUT2D eigenvalue weighted by atomic mass is 79.9. The fourth-order valence-corrected chi connectivity index (χ4v) is 2.43. The van der Waals surface area contributed by atoms with E-state index in [1.165, 1.54) is 0 Å². The highest BCUT2D eigenvalue weighted by Crippen LogP contribution is 2.31. The van der Waals surface area contributed by atoms with Crippen LogP contribution in [0.1, 0.15) is 11.1 Å². The number of anilines is 1. The predicted molar refractivity (Wildman–Crippen MR) is 68.4 cm³/mol. The Labute approximate surface area is 102 Å². The molecule has 1 heterocycles. The summed E-state index contributed by atoms with van der Waals surface area (Å²) in [6.07, 6.45) is 1.59. The average Bonchev–Trinajstić information content (AvgIpc) is 2.27. The van der Waals surface area contributed by atoms with Crippen molar-refractivity contribution in [3.05, 3.63) is 33.9 Å². The minimum Gasteiger partial charge on any atom is -0.386 e. The molecule has 0 radical (unpaired) electrons. The fraction of sp³-hybridized carbons (Fsp3) is 0.167. The first-order valence-electron chi connectivity index (χ1n) is 4.84. The minimum absolute atomic E-state index is 0.563. The molecule has 3 nitrogen and oxygen atoms in total. The van der Waals surface area contributed by atoms with Crippen molar-refractivity contribution in [1.29, 1.82) is 5.26 Å². The molecule has 2 rings (SSSR count). The minimum atomic E-state index is 0.563. The molecule has 16 heavy (non-hydrogen) atoms. The van der Waals surface area contributed by atoms with Crippen molar-refractivity contribution in [2.24, 2.45) is 0 Å². The third kappa shape index (κ3) is 1.63. The van der Waals surface area contributed by atoms with Crippen molar-refractivity contribution in [2.75, 3.05) is 12.4 Å². The molecule has 0 fully saturated rings. The lowest BCUT2D eigenvalue weighted by atomic mass is 10.1. The molecule has 4 heteroatoms. The lowest BCUT2D eigenvalue weighted by Crippen LogP contribution is -1.96. The van der Waals surface area contributed by atoms with E-state index in [2.05, 4.69) is 32.3 Å². The second kappa shape index (κ2) is 4.11. The van der Waals surface area contributed by atoms with Crippen LogP contribution in [0.4, 0.5) is 5.69 Å². The van der Waals surface area contributed by atoms with Crippen LogP contribution in [0, 0.1) is 18.3 Å². The van der Waals surface area contributed by atoms with Gasteiger partial charge in [-0.05, 0) is 40.5 Å². The zero-order valence-corrected chi connectivity index (χ0v) is 10.6. The summed E-state index contributed by atoms with van der Waals surface area (Å²) < 4.78 is 0.948. The van der Waals surface area contributed by atoms with Crippen LogP contribution in [-0.2, 0) is 0 Å². The lowest BCUT2D eigenvalue weighted by molar-refractivity contribution is 1.34. The molecule has 0 amide bonds. The predicted octanol–water partition coefficient (Wildman–Crippen LogP) is 3.22. The van der Waals surface area contributed by atoms with Crippen LogP contribution in [0.5, 0.6) is 0 Å². The number of aromatic nitrogens is 1. The largest absolute Gasteiger partial charge is 0.386 e. The van der Waals surface area contributed by atoms with Gasteiger partial charge in [-0.2, -0.15) is 5.26 Å².